The fourth-order valence-corrected chi connectivity index (χ4v) is 3.07. The molecular weight excluding hydrogens is 266 g/mol. The summed E-state index contributed by atoms with van der Waals surface area (Å²) in [6.45, 7) is 8.57. The summed E-state index contributed by atoms with van der Waals surface area (Å²) >= 11 is 0. The number of ether oxygens (including phenoxy) is 1. The monoisotopic (exact) mass is 291 g/mol. The number of aryl methyl sites for hydroxylation is 2. The second-order valence-corrected chi connectivity index (χ2v) is 6.12. The van der Waals surface area contributed by atoms with E-state index < -0.39 is 5.97 Å². The highest BCUT2D eigenvalue weighted by Gasteiger charge is 2.29. The normalized spacial score (nSPS) is 23.0. The van der Waals surface area contributed by atoms with Crippen LogP contribution in [0.25, 0.3) is 0 Å². The number of carboxylic acid groups (broad SMARTS) is 1. The minimum absolute atomic E-state index is 0.184. The van der Waals surface area contributed by atoms with Crippen LogP contribution in [0.15, 0.2) is 18.2 Å². The van der Waals surface area contributed by atoms with Gasteiger partial charge in [-0.1, -0.05) is 6.07 Å². The lowest BCUT2D eigenvalue weighted by Crippen LogP contribution is -2.44. The fraction of sp³-hybridized carbons (Fsp3) is 0.588. The summed E-state index contributed by atoms with van der Waals surface area (Å²) < 4.78 is 5.84. The van der Waals surface area contributed by atoms with Crippen LogP contribution in [0.1, 0.15) is 30.9 Å². The molecule has 2 rings (SSSR count). The zero-order valence-corrected chi connectivity index (χ0v) is 13.1. The van der Waals surface area contributed by atoms with Gasteiger partial charge in [-0.3, -0.25) is 9.69 Å². The highest BCUT2D eigenvalue weighted by atomic mass is 16.5. The van der Waals surface area contributed by atoms with Gasteiger partial charge < -0.3 is 9.84 Å². The van der Waals surface area contributed by atoms with Gasteiger partial charge in [0.15, 0.2) is 0 Å². The molecular formula is C17H25NO3. The van der Waals surface area contributed by atoms with Crippen molar-refractivity contribution in [2.75, 3.05) is 19.7 Å². The molecule has 4 nitrogen and oxygen atoms in total. The average Bonchev–Trinajstić information content (AvgIpc) is 2.39. The Morgan fingerprint density at radius 2 is 2.00 bits per heavy atom. The Morgan fingerprint density at radius 3 is 2.57 bits per heavy atom. The molecule has 1 aliphatic heterocycles. The molecule has 0 amide bonds. The zero-order chi connectivity index (χ0) is 15.4. The van der Waals surface area contributed by atoms with Crippen molar-refractivity contribution in [2.45, 2.75) is 39.7 Å². The summed E-state index contributed by atoms with van der Waals surface area (Å²) in [6, 6.07) is 6.54. The van der Waals surface area contributed by atoms with Gasteiger partial charge in [0.25, 0.3) is 0 Å². The summed E-state index contributed by atoms with van der Waals surface area (Å²) in [4.78, 5) is 13.3. The van der Waals surface area contributed by atoms with Crippen molar-refractivity contribution in [3.8, 4) is 5.75 Å². The Hall–Kier alpha value is -1.55. The largest absolute Gasteiger partial charge is 0.492 e. The third-order valence-electron chi connectivity index (χ3n) is 4.21. The van der Waals surface area contributed by atoms with Crippen molar-refractivity contribution in [3.05, 3.63) is 29.3 Å². The lowest BCUT2D eigenvalue weighted by Gasteiger charge is -2.36. The predicted molar refractivity (Wildman–Crippen MR) is 82.8 cm³/mol. The number of benzene rings is 1. The van der Waals surface area contributed by atoms with Crippen molar-refractivity contribution in [3.63, 3.8) is 0 Å². The first kappa shape index (κ1) is 15.8. The van der Waals surface area contributed by atoms with Crippen molar-refractivity contribution < 1.29 is 14.6 Å². The first-order chi connectivity index (χ1) is 9.95. The van der Waals surface area contributed by atoms with Crippen LogP contribution in [0, 0.1) is 19.8 Å². The summed E-state index contributed by atoms with van der Waals surface area (Å²) in [5.41, 5.74) is 2.42. The van der Waals surface area contributed by atoms with Gasteiger partial charge in [0, 0.05) is 12.6 Å². The zero-order valence-electron chi connectivity index (χ0n) is 13.1. The van der Waals surface area contributed by atoms with Gasteiger partial charge in [0.1, 0.15) is 12.4 Å². The quantitative estimate of drug-likeness (QED) is 0.906. The van der Waals surface area contributed by atoms with Crippen molar-refractivity contribution in [1.29, 1.82) is 0 Å². The molecule has 1 N–H and O–H groups in total. The number of hydrogen-bond acceptors (Lipinski definition) is 3. The van der Waals surface area contributed by atoms with Crippen LogP contribution >= 0.6 is 0 Å². The molecule has 1 aliphatic rings. The van der Waals surface area contributed by atoms with E-state index in [0.29, 0.717) is 12.6 Å². The van der Waals surface area contributed by atoms with Gasteiger partial charge >= 0.3 is 5.97 Å². The van der Waals surface area contributed by atoms with E-state index in [1.54, 1.807) is 0 Å². The maximum Gasteiger partial charge on any atom is 0.306 e. The Labute approximate surface area is 126 Å². The van der Waals surface area contributed by atoms with E-state index in [2.05, 4.69) is 31.7 Å². The number of rotatable bonds is 5. The van der Waals surface area contributed by atoms with E-state index >= 15 is 0 Å². The second kappa shape index (κ2) is 6.94. The molecule has 1 aromatic rings. The van der Waals surface area contributed by atoms with Crippen molar-refractivity contribution in [1.82, 2.24) is 4.90 Å². The predicted octanol–water partition coefficient (Wildman–Crippen LogP) is 2.87. The molecule has 0 bridgehead atoms. The van der Waals surface area contributed by atoms with E-state index in [1.807, 2.05) is 12.1 Å². The van der Waals surface area contributed by atoms with E-state index in [9.17, 15) is 4.79 Å². The lowest BCUT2D eigenvalue weighted by molar-refractivity contribution is -0.144. The van der Waals surface area contributed by atoms with Crippen molar-refractivity contribution >= 4 is 5.97 Å². The molecule has 1 heterocycles. The summed E-state index contributed by atoms with van der Waals surface area (Å²) in [5, 5.41) is 9.08. The number of aliphatic carboxylic acids is 1. The summed E-state index contributed by atoms with van der Waals surface area (Å²) in [7, 11) is 0. The average molecular weight is 291 g/mol. The number of piperidine rings is 1. The number of carbonyl (C=O) groups is 1. The van der Waals surface area contributed by atoms with E-state index in [-0.39, 0.29) is 5.92 Å². The van der Waals surface area contributed by atoms with Gasteiger partial charge in [0.2, 0.25) is 0 Å². The summed E-state index contributed by atoms with van der Waals surface area (Å²) in [5.74, 6) is 0.0742. The smallest absolute Gasteiger partial charge is 0.306 e. The van der Waals surface area contributed by atoms with Gasteiger partial charge in [-0.2, -0.15) is 0 Å². The Kier molecular flexibility index (Phi) is 5.23. The van der Waals surface area contributed by atoms with Crippen LogP contribution in [0.5, 0.6) is 5.75 Å². The lowest BCUT2D eigenvalue weighted by atomic mass is 9.92. The molecule has 4 heteroatoms. The minimum Gasteiger partial charge on any atom is -0.492 e. The standard InChI is InChI=1S/C17H25NO3/c1-12-8-13(2)10-16(9-12)21-7-6-18-5-4-15(17(19)20)11-14(18)3/h8-10,14-15H,4-7,11H2,1-3H3,(H,19,20). The molecule has 0 aliphatic carbocycles. The van der Waals surface area contributed by atoms with Crippen LogP contribution in [0.2, 0.25) is 0 Å². The van der Waals surface area contributed by atoms with Gasteiger partial charge in [-0.05, 0) is 63.4 Å². The molecule has 0 aromatic heterocycles. The first-order valence-corrected chi connectivity index (χ1v) is 7.63. The third kappa shape index (κ3) is 4.46. The molecule has 2 atom stereocenters. The molecule has 0 radical (unpaired) electrons. The van der Waals surface area contributed by atoms with Crippen LogP contribution in [0.3, 0.4) is 0 Å². The van der Waals surface area contributed by atoms with E-state index in [1.165, 1.54) is 11.1 Å². The molecule has 2 unspecified atom stereocenters. The van der Waals surface area contributed by atoms with Crippen LogP contribution in [-0.2, 0) is 4.79 Å². The van der Waals surface area contributed by atoms with E-state index in [0.717, 1.165) is 31.7 Å². The Bertz CT molecular complexity index is 481. The van der Waals surface area contributed by atoms with Crippen LogP contribution < -0.4 is 4.74 Å². The maximum absolute atomic E-state index is 11.0. The fourth-order valence-electron chi connectivity index (χ4n) is 3.07. The van der Waals surface area contributed by atoms with Gasteiger partial charge in [-0.15, -0.1) is 0 Å². The Morgan fingerprint density at radius 1 is 1.33 bits per heavy atom. The number of hydrogen-bond donors (Lipinski definition) is 1. The molecule has 116 valence electrons. The number of nitrogens with zero attached hydrogens (tertiary/aromatic N) is 1. The Balaban J connectivity index is 1.80. The van der Waals surface area contributed by atoms with Crippen molar-refractivity contribution in [2.24, 2.45) is 5.92 Å². The van der Waals surface area contributed by atoms with E-state index in [4.69, 9.17) is 9.84 Å². The molecule has 1 saturated heterocycles. The molecule has 0 saturated carbocycles. The maximum atomic E-state index is 11.0. The highest BCUT2D eigenvalue weighted by Crippen LogP contribution is 2.23. The van der Waals surface area contributed by atoms with Gasteiger partial charge in [0.05, 0.1) is 5.92 Å². The van der Waals surface area contributed by atoms with Gasteiger partial charge in [-0.25, -0.2) is 0 Å². The summed E-state index contributed by atoms with van der Waals surface area (Å²) in [6.07, 6.45) is 1.47. The second-order valence-electron chi connectivity index (χ2n) is 6.12. The minimum atomic E-state index is -0.659. The molecule has 1 aromatic carbocycles. The third-order valence-corrected chi connectivity index (χ3v) is 4.21. The number of carboxylic acids is 1. The molecule has 0 spiro atoms. The number of likely N-dealkylation sites (tertiary alicyclic amines) is 1. The highest BCUT2D eigenvalue weighted by molar-refractivity contribution is 5.70. The molecule has 21 heavy (non-hydrogen) atoms. The first-order valence-electron chi connectivity index (χ1n) is 7.63. The topological polar surface area (TPSA) is 49.8 Å². The SMILES string of the molecule is Cc1cc(C)cc(OCCN2CCC(C(=O)O)CC2C)c1. The van der Waals surface area contributed by atoms with Crippen LogP contribution in [0.4, 0.5) is 0 Å². The molecule has 1 fully saturated rings. The van der Waals surface area contributed by atoms with Crippen LogP contribution in [-0.4, -0.2) is 41.7 Å².